The molecule has 16 heteroatoms. The summed E-state index contributed by atoms with van der Waals surface area (Å²) in [4.78, 5) is 64.9. The van der Waals surface area contributed by atoms with Crippen LogP contribution in [0.4, 0.5) is 22.7 Å². The van der Waals surface area contributed by atoms with Crippen LogP contribution in [0.5, 0.6) is 0 Å². The molecule has 2 N–H and O–H groups in total. The van der Waals surface area contributed by atoms with Gasteiger partial charge in [0.1, 0.15) is 11.1 Å². The van der Waals surface area contributed by atoms with Crippen molar-refractivity contribution in [3.05, 3.63) is 88.0 Å². The third kappa shape index (κ3) is 5.78. The molecule has 0 saturated carbocycles. The van der Waals surface area contributed by atoms with E-state index in [2.05, 4.69) is 10.6 Å². The number of rotatable bonds is 9. The molecule has 2 aromatic rings. The van der Waals surface area contributed by atoms with Gasteiger partial charge in [0.25, 0.3) is 34.6 Å². The Kier molecular flexibility index (Phi) is 7.24. The van der Waals surface area contributed by atoms with Crippen LogP contribution >= 0.6 is 0 Å². The first-order chi connectivity index (χ1) is 15.4. The van der Waals surface area contributed by atoms with E-state index in [0.717, 1.165) is 24.3 Å². The Hall–Kier alpha value is -5.02. The smallest absolute Gasteiger partial charge is 0.289 e. The van der Waals surface area contributed by atoms with Crippen LogP contribution in [0.1, 0.15) is 27.6 Å². The van der Waals surface area contributed by atoms with Gasteiger partial charge in [0.15, 0.2) is 0 Å². The first-order valence-corrected chi connectivity index (χ1v) is 8.87. The van der Waals surface area contributed by atoms with E-state index in [1.165, 1.54) is 6.92 Å². The lowest BCUT2D eigenvalue weighted by Gasteiger charge is -2.15. The predicted octanol–water partition coefficient (Wildman–Crippen LogP) is 1.87. The zero-order chi connectivity index (χ0) is 24.9. The normalized spacial score (nSPS) is 11.2. The quantitative estimate of drug-likeness (QED) is 0.405. The van der Waals surface area contributed by atoms with E-state index in [0.29, 0.717) is 12.1 Å². The van der Waals surface area contributed by atoms with Crippen LogP contribution in [-0.4, -0.2) is 44.1 Å². The van der Waals surface area contributed by atoms with Gasteiger partial charge in [0, 0.05) is 24.7 Å². The maximum Gasteiger partial charge on any atom is 0.289 e. The number of nitrogens with zero attached hydrogens (tertiary/aromatic N) is 4. The SMILES string of the molecule is CC(CNC(=O)c1ccc([N+](=O)[O-])cc1[N+](=O)[O-])NC(=O)c1ccc([N+](=O)[O-])cc1[N+](=O)[O-]. The van der Waals surface area contributed by atoms with Crippen molar-refractivity contribution in [2.24, 2.45) is 0 Å². The molecule has 1 unspecified atom stereocenters. The first kappa shape index (κ1) is 24.3. The summed E-state index contributed by atoms with van der Waals surface area (Å²) in [5.41, 5.74) is -3.64. The third-order valence-electron chi connectivity index (χ3n) is 4.21. The van der Waals surface area contributed by atoms with Crippen LogP contribution in [0.15, 0.2) is 36.4 Å². The van der Waals surface area contributed by atoms with Gasteiger partial charge in [0.2, 0.25) is 0 Å². The lowest BCUT2D eigenvalue weighted by atomic mass is 10.1. The predicted molar refractivity (Wildman–Crippen MR) is 109 cm³/mol. The van der Waals surface area contributed by atoms with Gasteiger partial charge in [-0.25, -0.2) is 0 Å². The highest BCUT2D eigenvalue weighted by atomic mass is 16.6. The summed E-state index contributed by atoms with van der Waals surface area (Å²) in [7, 11) is 0. The zero-order valence-corrected chi connectivity index (χ0v) is 16.6. The molecule has 0 spiro atoms. The Balaban J connectivity index is 2.11. The molecule has 0 aromatic heterocycles. The molecule has 0 saturated heterocycles. The van der Waals surface area contributed by atoms with Crippen molar-refractivity contribution in [2.45, 2.75) is 13.0 Å². The number of amides is 2. The van der Waals surface area contributed by atoms with Crippen LogP contribution in [0, 0.1) is 40.5 Å². The van der Waals surface area contributed by atoms with E-state index in [1.54, 1.807) is 0 Å². The summed E-state index contributed by atoms with van der Waals surface area (Å²) >= 11 is 0. The van der Waals surface area contributed by atoms with Crippen molar-refractivity contribution >= 4 is 34.6 Å². The highest BCUT2D eigenvalue weighted by Crippen LogP contribution is 2.25. The molecule has 2 rings (SSSR count). The number of benzene rings is 2. The number of non-ortho nitro benzene ring substituents is 2. The van der Waals surface area contributed by atoms with Crippen LogP contribution in [0.3, 0.4) is 0 Å². The van der Waals surface area contributed by atoms with Gasteiger partial charge in [-0.05, 0) is 19.1 Å². The molecular formula is C17H14N6O10. The van der Waals surface area contributed by atoms with Gasteiger partial charge in [-0.2, -0.15) is 0 Å². The Morgan fingerprint density at radius 3 is 1.58 bits per heavy atom. The van der Waals surface area contributed by atoms with Gasteiger partial charge >= 0.3 is 0 Å². The summed E-state index contributed by atoms with van der Waals surface area (Å²) in [5.74, 6) is -1.89. The molecule has 0 fully saturated rings. The van der Waals surface area contributed by atoms with Crippen molar-refractivity contribution in [2.75, 3.05) is 6.54 Å². The van der Waals surface area contributed by atoms with Gasteiger partial charge in [-0.1, -0.05) is 0 Å². The molecule has 16 nitrogen and oxygen atoms in total. The van der Waals surface area contributed by atoms with Crippen molar-refractivity contribution in [1.29, 1.82) is 0 Å². The molecule has 0 aliphatic heterocycles. The summed E-state index contributed by atoms with van der Waals surface area (Å²) in [5, 5.41) is 48.5. The Labute approximate surface area is 182 Å². The third-order valence-corrected chi connectivity index (χ3v) is 4.21. The van der Waals surface area contributed by atoms with Crippen LogP contribution < -0.4 is 10.6 Å². The molecule has 1 atom stereocenters. The van der Waals surface area contributed by atoms with Crippen LogP contribution in [0.25, 0.3) is 0 Å². The Bertz CT molecular complexity index is 1180. The van der Waals surface area contributed by atoms with Crippen LogP contribution in [0.2, 0.25) is 0 Å². The molecule has 0 bridgehead atoms. The van der Waals surface area contributed by atoms with Gasteiger partial charge in [-0.3, -0.25) is 50.0 Å². The maximum absolute atomic E-state index is 12.4. The number of nitrogens with one attached hydrogen (secondary N) is 2. The molecule has 0 aliphatic rings. The zero-order valence-electron chi connectivity index (χ0n) is 16.6. The van der Waals surface area contributed by atoms with E-state index >= 15 is 0 Å². The lowest BCUT2D eigenvalue weighted by molar-refractivity contribution is -0.394. The van der Waals surface area contributed by atoms with E-state index < -0.39 is 71.4 Å². The topological polar surface area (TPSA) is 231 Å². The first-order valence-electron chi connectivity index (χ1n) is 8.87. The second-order valence-electron chi connectivity index (χ2n) is 6.52. The van der Waals surface area contributed by atoms with Gasteiger partial charge < -0.3 is 10.6 Å². The summed E-state index contributed by atoms with van der Waals surface area (Å²) in [6, 6.07) is 4.10. The van der Waals surface area contributed by atoms with Crippen molar-refractivity contribution in [3.8, 4) is 0 Å². The molecule has 33 heavy (non-hydrogen) atoms. The largest absolute Gasteiger partial charge is 0.350 e. The second kappa shape index (κ2) is 9.86. The monoisotopic (exact) mass is 462 g/mol. The highest BCUT2D eigenvalue weighted by molar-refractivity contribution is 5.99. The number of hydrogen-bond acceptors (Lipinski definition) is 10. The van der Waals surface area contributed by atoms with E-state index in [9.17, 15) is 50.0 Å². The number of nitro groups is 4. The minimum atomic E-state index is -0.957. The minimum Gasteiger partial charge on any atom is -0.350 e. The average molecular weight is 462 g/mol. The Morgan fingerprint density at radius 1 is 0.758 bits per heavy atom. The molecule has 2 aromatic carbocycles. The molecule has 2 amide bonds. The number of hydrogen-bond donors (Lipinski definition) is 2. The molecule has 0 heterocycles. The molecule has 0 aliphatic carbocycles. The van der Waals surface area contributed by atoms with Gasteiger partial charge in [-0.15, -0.1) is 0 Å². The molecule has 172 valence electrons. The summed E-state index contributed by atoms with van der Waals surface area (Å²) < 4.78 is 0. The Morgan fingerprint density at radius 2 is 1.18 bits per heavy atom. The van der Waals surface area contributed by atoms with E-state index in [-0.39, 0.29) is 6.54 Å². The van der Waals surface area contributed by atoms with E-state index in [1.807, 2.05) is 0 Å². The number of carbonyl (C=O) groups excluding carboxylic acids is 2. The van der Waals surface area contributed by atoms with Crippen molar-refractivity contribution < 1.29 is 29.3 Å². The summed E-state index contributed by atoms with van der Waals surface area (Å²) in [6.45, 7) is 1.15. The molecular weight excluding hydrogens is 448 g/mol. The van der Waals surface area contributed by atoms with Crippen LogP contribution in [-0.2, 0) is 0 Å². The molecule has 0 radical (unpaired) electrons. The highest BCUT2D eigenvalue weighted by Gasteiger charge is 2.26. The van der Waals surface area contributed by atoms with Gasteiger partial charge in [0.05, 0.1) is 31.8 Å². The lowest BCUT2D eigenvalue weighted by Crippen LogP contribution is -2.42. The fourth-order valence-electron chi connectivity index (χ4n) is 2.65. The fraction of sp³-hybridized carbons (Fsp3) is 0.176. The summed E-state index contributed by atoms with van der Waals surface area (Å²) in [6.07, 6.45) is 0. The number of carbonyl (C=O) groups is 2. The maximum atomic E-state index is 12.4. The second-order valence-corrected chi connectivity index (χ2v) is 6.52. The fourth-order valence-corrected chi connectivity index (χ4v) is 2.65. The van der Waals surface area contributed by atoms with Crippen molar-refractivity contribution in [1.82, 2.24) is 10.6 Å². The number of nitro benzene ring substituents is 4. The minimum absolute atomic E-state index is 0.264. The van der Waals surface area contributed by atoms with E-state index in [4.69, 9.17) is 0 Å². The van der Waals surface area contributed by atoms with Crippen molar-refractivity contribution in [3.63, 3.8) is 0 Å². The average Bonchev–Trinajstić information content (AvgIpc) is 2.76. The standard InChI is InChI=1S/C17H14N6O10/c1-9(19-17(25)13-5-3-11(21(28)29)7-15(13)23(32)33)8-18-16(24)12-4-2-10(20(26)27)6-14(12)22(30)31/h2-7,9H,8H2,1H3,(H,18,24)(H,19,25).